The van der Waals surface area contributed by atoms with Gasteiger partial charge in [-0.05, 0) is 33.8 Å². The van der Waals surface area contributed by atoms with Crippen LogP contribution in [0.15, 0.2) is 30.3 Å². The quantitative estimate of drug-likeness (QED) is 0.704. The molecule has 0 N–H and O–H groups in total. The number of fused-ring (bicyclic) bond motifs is 1. The van der Waals surface area contributed by atoms with Crippen molar-refractivity contribution in [3.63, 3.8) is 0 Å². The van der Waals surface area contributed by atoms with Crippen LogP contribution >= 0.6 is 0 Å². The van der Waals surface area contributed by atoms with E-state index >= 15 is 0 Å². The number of Topliss-reactive ketones (excluding diaryl/α,β-unsaturated/α-hetero) is 1. The summed E-state index contributed by atoms with van der Waals surface area (Å²) in [6, 6.07) is 9.73. The average molecular weight is 300 g/mol. The van der Waals surface area contributed by atoms with E-state index in [4.69, 9.17) is 9.47 Å². The van der Waals surface area contributed by atoms with E-state index in [1.807, 2.05) is 65.0 Å². The van der Waals surface area contributed by atoms with Crippen molar-refractivity contribution in [1.82, 2.24) is 0 Å². The van der Waals surface area contributed by atoms with Gasteiger partial charge >= 0.3 is 0 Å². The Kier molecular flexibility index (Phi) is 5.07. The summed E-state index contributed by atoms with van der Waals surface area (Å²) in [7, 11) is 0. The van der Waals surface area contributed by atoms with Crippen LogP contribution in [0, 0.1) is 0 Å². The highest BCUT2D eigenvalue weighted by atomic mass is 16.5. The molecule has 0 aliphatic carbocycles. The number of carbonyl (C=O) groups is 1. The Hall–Kier alpha value is -2.03. The molecule has 3 heteroatoms. The summed E-state index contributed by atoms with van der Waals surface area (Å²) in [5.41, 5.74) is 0.602. The van der Waals surface area contributed by atoms with Crippen LogP contribution in [0.3, 0.4) is 0 Å². The molecular formula is C19H24O3. The molecule has 2 rings (SSSR count). The Labute approximate surface area is 132 Å². The van der Waals surface area contributed by atoms with E-state index < -0.39 is 0 Å². The highest BCUT2D eigenvalue weighted by molar-refractivity contribution is 6.06. The van der Waals surface area contributed by atoms with Crippen LogP contribution in [-0.2, 0) is 0 Å². The third-order valence-electron chi connectivity index (χ3n) is 3.29. The molecule has 0 unspecified atom stereocenters. The fourth-order valence-electron chi connectivity index (χ4n) is 2.43. The third kappa shape index (κ3) is 3.41. The Morgan fingerprint density at radius 1 is 1.00 bits per heavy atom. The predicted octanol–water partition coefficient (Wildman–Crippen LogP) is 5.01. The summed E-state index contributed by atoms with van der Waals surface area (Å²) in [5.74, 6) is 1.46. The van der Waals surface area contributed by atoms with E-state index in [0.717, 1.165) is 16.5 Å². The minimum atomic E-state index is 0.00341. The van der Waals surface area contributed by atoms with Crippen LogP contribution in [0.4, 0.5) is 0 Å². The van der Waals surface area contributed by atoms with Crippen molar-refractivity contribution in [3.8, 4) is 11.5 Å². The highest BCUT2D eigenvalue weighted by Gasteiger charge is 2.19. The molecule has 2 aromatic carbocycles. The maximum absolute atomic E-state index is 12.4. The maximum atomic E-state index is 12.4. The average Bonchev–Trinajstić information content (AvgIpc) is 2.47. The van der Waals surface area contributed by atoms with E-state index in [1.54, 1.807) is 0 Å². The van der Waals surface area contributed by atoms with Crippen molar-refractivity contribution in [2.24, 2.45) is 0 Å². The van der Waals surface area contributed by atoms with Gasteiger partial charge in [0.2, 0.25) is 0 Å². The van der Waals surface area contributed by atoms with Gasteiger partial charge in [-0.1, -0.05) is 31.2 Å². The lowest BCUT2D eigenvalue weighted by Gasteiger charge is -2.20. The van der Waals surface area contributed by atoms with Crippen LogP contribution in [0.5, 0.6) is 11.5 Å². The molecule has 0 amide bonds. The Balaban J connectivity index is 2.74. The number of ketones is 1. The monoisotopic (exact) mass is 300 g/mol. The van der Waals surface area contributed by atoms with Crippen LogP contribution < -0.4 is 9.47 Å². The molecule has 118 valence electrons. The standard InChI is InChI=1S/C19H24O3/c1-6-17(20)16-11-18(21-12(2)3)14-9-7-8-10-15(14)19(16)22-13(4)5/h7-13H,6H2,1-5H3. The first-order valence-electron chi connectivity index (χ1n) is 7.86. The van der Waals surface area contributed by atoms with Crippen LogP contribution in [-0.4, -0.2) is 18.0 Å². The fourth-order valence-corrected chi connectivity index (χ4v) is 2.43. The fraction of sp³-hybridized carbons (Fsp3) is 0.421. The van der Waals surface area contributed by atoms with Gasteiger partial charge in [-0.2, -0.15) is 0 Å². The molecule has 0 fully saturated rings. The van der Waals surface area contributed by atoms with E-state index in [0.29, 0.717) is 17.7 Å². The molecule has 3 nitrogen and oxygen atoms in total. The summed E-state index contributed by atoms with van der Waals surface area (Å²) >= 11 is 0. The first kappa shape index (κ1) is 16.3. The zero-order valence-corrected chi connectivity index (χ0v) is 14.0. The van der Waals surface area contributed by atoms with Crippen molar-refractivity contribution >= 4 is 16.6 Å². The van der Waals surface area contributed by atoms with Gasteiger partial charge < -0.3 is 9.47 Å². The minimum absolute atomic E-state index is 0.00341. The van der Waals surface area contributed by atoms with Crippen molar-refractivity contribution in [2.45, 2.75) is 53.2 Å². The molecule has 0 aliphatic rings. The summed E-state index contributed by atoms with van der Waals surface area (Å²) in [6.45, 7) is 9.75. The Bertz CT molecular complexity index is 672. The van der Waals surface area contributed by atoms with Crippen molar-refractivity contribution in [1.29, 1.82) is 0 Å². The van der Waals surface area contributed by atoms with Crippen molar-refractivity contribution in [3.05, 3.63) is 35.9 Å². The molecule has 0 heterocycles. The lowest BCUT2D eigenvalue weighted by atomic mass is 10.00. The third-order valence-corrected chi connectivity index (χ3v) is 3.29. The normalized spacial score (nSPS) is 11.2. The lowest BCUT2D eigenvalue weighted by molar-refractivity contribution is 0.0982. The molecular weight excluding hydrogens is 276 g/mol. The predicted molar refractivity (Wildman–Crippen MR) is 90.1 cm³/mol. The molecule has 0 saturated heterocycles. The number of benzene rings is 2. The van der Waals surface area contributed by atoms with Gasteiger partial charge in [0.1, 0.15) is 11.5 Å². The smallest absolute Gasteiger partial charge is 0.166 e. The maximum Gasteiger partial charge on any atom is 0.166 e. The summed E-state index contributed by atoms with van der Waals surface area (Å²) in [6.07, 6.45) is 0.488. The van der Waals surface area contributed by atoms with E-state index in [-0.39, 0.29) is 18.0 Å². The molecule has 0 aliphatic heterocycles. The van der Waals surface area contributed by atoms with Gasteiger partial charge in [-0.25, -0.2) is 0 Å². The second-order valence-corrected chi connectivity index (χ2v) is 5.91. The van der Waals surface area contributed by atoms with Crippen LogP contribution in [0.1, 0.15) is 51.4 Å². The first-order chi connectivity index (χ1) is 10.4. The number of ether oxygens (including phenoxy) is 2. The van der Waals surface area contributed by atoms with Gasteiger partial charge in [0.25, 0.3) is 0 Å². The van der Waals surface area contributed by atoms with Gasteiger partial charge in [0.05, 0.1) is 17.8 Å². The second-order valence-electron chi connectivity index (χ2n) is 5.91. The number of hydrogen-bond acceptors (Lipinski definition) is 3. The van der Waals surface area contributed by atoms with E-state index in [2.05, 4.69) is 0 Å². The van der Waals surface area contributed by atoms with Crippen LogP contribution in [0.25, 0.3) is 10.8 Å². The summed E-state index contributed by atoms with van der Waals surface area (Å²) in [5, 5.41) is 1.89. The topological polar surface area (TPSA) is 35.5 Å². The van der Waals surface area contributed by atoms with E-state index in [9.17, 15) is 4.79 Å². The molecule has 0 bridgehead atoms. The molecule has 0 aromatic heterocycles. The molecule has 0 atom stereocenters. The zero-order chi connectivity index (χ0) is 16.3. The molecule has 0 spiro atoms. The Morgan fingerprint density at radius 2 is 1.59 bits per heavy atom. The van der Waals surface area contributed by atoms with Crippen molar-refractivity contribution < 1.29 is 14.3 Å². The van der Waals surface area contributed by atoms with Gasteiger partial charge in [0, 0.05) is 17.2 Å². The number of carbonyl (C=O) groups excluding carboxylic acids is 1. The number of rotatable bonds is 6. The molecule has 22 heavy (non-hydrogen) atoms. The molecule has 2 aromatic rings. The lowest BCUT2D eigenvalue weighted by Crippen LogP contribution is -2.12. The minimum Gasteiger partial charge on any atom is -0.490 e. The summed E-state index contributed by atoms with van der Waals surface area (Å²) in [4.78, 5) is 12.4. The summed E-state index contributed by atoms with van der Waals surface area (Å²) < 4.78 is 11.9. The molecule has 0 saturated carbocycles. The zero-order valence-electron chi connectivity index (χ0n) is 14.0. The second kappa shape index (κ2) is 6.82. The molecule has 0 radical (unpaired) electrons. The SMILES string of the molecule is CCC(=O)c1cc(OC(C)C)c2ccccc2c1OC(C)C. The van der Waals surface area contributed by atoms with Gasteiger partial charge in [0.15, 0.2) is 5.78 Å². The Morgan fingerprint density at radius 3 is 2.14 bits per heavy atom. The van der Waals surface area contributed by atoms with Crippen LogP contribution in [0.2, 0.25) is 0 Å². The largest absolute Gasteiger partial charge is 0.490 e. The van der Waals surface area contributed by atoms with E-state index in [1.165, 1.54) is 0 Å². The highest BCUT2D eigenvalue weighted by Crippen LogP contribution is 2.38. The number of hydrogen-bond donors (Lipinski definition) is 0. The first-order valence-corrected chi connectivity index (χ1v) is 7.86. The van der Waals surface area contributed by atoms with Gasteiger partial charge in [-0.3, -0.25) is 4.79 Å². The van der Waals surface area contributed by atoms with Gasteiger partial charge in [-0.15, -0.1) is 0 Å². The van der Waals surface area contributed by atoms with Crippen molar-refractivity contribution in [2.75, 3.05) is 0 Å².